The summed E-state index contributed by atoms with van der Waals surface area (Å²) >= 11 is 6.11. The maximum absolute atomic E-state index is 13.5. The number of ketones is 1. The van der Waals surface area contributed by atoms with Crippen molar-refractivity contribution >= 4 is 29.1 Å². The van der Waals surface area contributed by atoms with Crippen LogP contribution >= 0.6 is 11.6 Å². The van der Waals surface area contributed by atoms with Gasteiger partial charge in [0, 0.05) is 41.5 Å². The quantitative estimate of drug-likeness (QED) is 0.452. The molecule has 32 heavy (non-hydrogen) atoms. The molecule has 1 aliphatic heterocycles. The van der Waals surface area contributed by atoms with E-state index >= 15 is 0 Å². The van der Waals surface area contributed by atoms with Crippen LogP contribution in [0.5, 0.6) is 0 Å². The van der Waals surface area contributed by atoms with E-state index in [2.05, 4.69) is 12.1 Å². The first-order valence-corrected chi connectivity index (χ1v) is 11.1. The molecule has 3 atom stereocenters. The minimum Gasteiger partial charge on any atom is -0.463 e. The molecule has 4 rings (SSSR count). The Kier molecular flexibility index (Phi) is 6.87. The van der Waals surface area contributed by atoms with E-state index in [1.807, 2.05) is 37.3 Å². The van der Waals surface area contributed by atoms with Gasteiger partial charge in [-0.15, -0.1) is 0 Å². The number of Topliss-reactive ketones (excluding diaryl/α,β-unsaturated/α-hetero) is 1. The van der Waals surface area contributed by atoms with Crippen molar-refractivity contribution in [3.63, 3.8) is 0 Å². The minimum atomic E-state index is -0.663. The molecule has 1 unspecified atom stereocenters. The van der Waals surface area contributed by atoms with Crippen molar-refractivity contribution in [2.75, 3.05) is 20.3 Å². The number of hydrogen-bond acceptors (Lipinski definition) is 5. The van der Waals surface area contributed by atoms with E-state index in [0.717, 1.165) is 16.8 Å². The molecule has 0 N–H and O–H groups in total. The summed E-state index contributed by atoms with van der Waals surface area (Å²) in [5.74, 6) is -1.39. The van der Waals surface area contributed by atoms with Crippen molar-refractivity contribution in [2.24, 2.45) is 10.9 Å². The van der Waals surface area contributed by atoms with E-state index < -0.39 is 17.8 Å². The summed E-state index contributed by atoms with van der Waals surface area (Å²) in [7, 11) is 1.55. The molecule has 0 saturated heterocycles. The summed E-state index contributed by atoms with van der Waals surface area (Å²) in [6, 6.07) is 17.4. The molecule has 2 aliphatic rings. The monoisotopic (exact) mass is 451 g/mol. The number of carbonyl (C=O) groups excluding carboxylic acids is 2. The second-order valence-electron chi connectivity index (χ2n) is 8.22. The van der Waals surface area contributed by atoms with Gasteiger partial charge in [0.25, 0.3) is 0 Å². The van der Waals surface area contributed by atoms with Crippen LogP contribution in [0, 0.1) is 5.92 Å². The molecular weight excluding hydrogens is 426 g/mol. The third-order valence-corrected chi connectivity index (χ3v) is 6.43. The SMILES string of the molecule is COCCOC(=O)C1C(C)=NC2=C(C(=O)C[C@@H](c3ccccc3)C2)[C@H]1c1ccc(Cl)cc1. The summed E-state index contributed by atoms with van der Waals surface area (Å²) in [5, 5.41) is 0.600. The fourth-order valence-electron chi connectivity index (χ4n) is 4.67. The van der Waals surface area contributed by atoms with Crippen LogP contribution in [0.2, 0.25) is 5.02 Å². The Balaban J connectivity index is 1.74. The molecule has 6 heteroatoms. The number of ether oxygens (including phenoxy) is 2. The standard InChI is InChI=1S/C26H26ClNO4/c1-16-23(26(30)32-13-12-31-2)24(18-8-10-20(27)11-9-18)25-21(28-16)14-19(15-22(25)29)17-6-4-3-5-7-17/h3-11,19,23-24H,12-15H2,1-2H3/t19-,23?,24-/m0/s1. The number of hydrogen-bond donors (Lipinski definition) is 0. The van der Waals surface area contributed by atoms with Gasteiger partial charge in [-0.2, -0.15) is 0 Å². The molecule has 0 radical (unpaired) electrons. The van der Waals surface area contributed by atoms with Gasteiger partial charge in [0.15, 0.2) is 5.78 Å². The number of carbonyl (C=O) groups is 2. The molecule has 2 aromatic carbocycles. The Morgan fingerprint density at radius 3 is 2.44 bits per heavy atom. The molecule has 5 nitrogen and oxygen atoms in total. The number of benzene rings is 2. The van der Waals surface area contributed by atoms with Crippen LogP contribution < -0.4 is 0 Å². The lowest BCUT2D eigenvalue weighted by Gasteiger charge is -2.36. The van der Waals surface area contributed by atoms with Crippen LogP contribution in [0.1, 0.15) is 42.7 Å². The predicted octanol–water partition coefficient (Wildman–Crippen LogP) is 5.10. The number of halogens is 1. The highest BCUT2D eigenvalue weighted by atomic mass is 35.5. The van der Waals surface area contributed by atoms with E-state index in [0.29, 0.717) is 35.8 Å². The highest BCUT2D eigenvalue weighted by Crippen LogP contribution is 2.46. The zero-order chi connectivity index (χ0) is 22.7. The molecule has 0 saturated carbocycles. The van der Waals surface area contributed by atoms with Gasteiger partial charge in [-0.1, -0.05) is 54.1 Å². The molecule has 0 bridgehead atoms. The van der Waals surface area contributed by atoms with Gasteiger partial charge < -0.3 is 9.47 Å². The maximum atomic E-state index is 13.5. The zero-order valence-corrected chi connectivity index (χ0v) is 19.0. The minimum absolute atomic E-state index is 0.0333. The Morgan fingerprint density at radius 2 is 1.75 bits per heavy atom. The number of nitrogens with zero attached hydrogens (tertiary/aromatic N) is 1. The second-order valence-corrected chi connectivity index (χ2v) is 8.66. The molecular formula is C26H26ClNO4. The summed E-state index contributed by atoms with van der Waals surface area (Å²) in [6.45, 7) is 2.31. The van der Waals surface area contributed by atoms with Crippen molar-refractivity contribution < 1.29 is 19.1 Å². The molecule has 0 spiro atoms. The van der Waals surface area contributed by atoms with Gasteiger partial charge in [-0.25, -0.2) is 0 Å². The van der Waals surface area contributed by atoms with Crippen molar-refractivity contribution in [3.05, 3.63) is 82.0 Å². The number of allylic oxidation sites excluding steroid dienone is 2. The fourth-order valence-corrected chi connectivity index (χ4v) is 4.80. The van der Waals surface area contributed by atoms with Gasteiger partial charge in [0.1, 0.15) is 12.5 Å². The van der Waals surface area contributed by atoms with Crippen LogP contribution in [-0.2, 0) is 19.1 Å². The van der Waals surface area contributed by atoms with Crippen LogP contribution in [0.3, 0.4) is 0 Å². The lowest BCUT2D eigenvalue weighted by molar-refractivity contribution is -0.147. The van der Waals surface area contributed by atoms with Gasteiger partial charge in [0.2, 0.25) is 0 Å². The molecule has 166 valence electrons. The maximum Gasteiger partial charge on any atom is 0.315 e. The van der Waals surface area contributed by atoms with Crippen LogP contribution in [0.4, 0.5) is 0 Å². The number of methoxy groups -OCH3 is 1. The van der Waals surface area contributed by atoms with E-state index in [1.54, 1.807) is 19.2 Å². The second kappa shape index (κ2) is 9.80. The largest absolute Gasteiger partial charge is 0.463 e. The fraction of sp³-hybridized carbons (Fsp3) is 0.346. The smallest absolute Gasteiger partial charge is 0.315 e. The van der Waals surface area contributed by atoms with E-state index in [1.165, 1.54) is 0 Å². The molecule has 0 aromatic heterocycles. The lowest BCUT2D eigenvalue weighted by Crippen LogP contribution is -2.38. The highest BCUT2D eigenvalue weighted by Gasteiger charge is 2.44. The van der Waals surface area contributed by atoms with Crippen molar-refractivity contribution in [1.29, 1.82) is 0 Å². The average Bonchev–Trinajstić information content (AvgIpc) is 2.79. The first-order valence-electron chi connectivity index (χ1n) is 10.8. The van der Waals surface area contributed by atoms with Crippen LogP contribution in [0.25, 0.3) is 0 Å². The third kappa shape index (κ3) is 4.54. The third-order valence-electron chi connectivity index (χ3n) is 6.17. The summed E-state index contributed by atoms with van der Waals surface area (Å²) in [6.07, 6.45) is 1.06. The number of aliphatic imine (C=N–C) groups is 1. The van der Waals surface area contributed by atoms with E-state index in [4.69, 9.17) is 26.1 Å². The van der Waals surface area contributed by atoms with E-state index in [9.17, 15) is 9.59 Å². The van der Waals surface area contributed by atoms with Gasteiger partial charge in [-0.3, -0.25) is 14.6 Å². The summed E-state index contributed by atoms with van der Waals surface area (Å²) < 4.78 is 10.5. The molecule has 1 aliphatic carbocycles. The Labute approximate surface area is 193 Å². The molecule has 0 fully saturated rings. The van der Waals surface area contributed by atoms with Crippen LogP contribution in [-0.4, -0.2) is 37.8 Å². The summed E-state index contributed by atoms with van der Waals surface area (Å²) in [5.41, 5.74) is 4.04. The first kappa shape index (κ1) is 22.4. The Hall–Kier alpha value is -2.76. The molecule has 2 aromatic rings. The van der Waals surface area contributed by atoms with Crippen molar-refractivity contribution in [2.45, 2.75) is 31.6 Å². The molecule has 0 amide bonds. The predicted molar refractivity (Wildman–Crippen MR) is 124 cm³/mol. The van der Waals surface area contributed by atoms with Crippen LogP contribution in [0.15, 0.2) is 70.9 Å². The van der Waals surface area contributed by atoms with Gasteiger partial charge in [0.05, 0.1) is 6.61 Å². The first-order chi connectivity index (χ1) is 15.5. The van der Waals surface area contributed by atoms with Gasteiger partial charge in [-0.05, 0) is 42.5 Å². The highest BCUT2D eigenvalue weighted by molar-refractivity contribution is 6.30. The van der Waals surface area contributed by atoms with Crippen molar-refractivity contribution in [3.8, 4) is 0 Å². The number of rotatable bonds is 6. The Bertz CT molecular complexity index is 1060. The average molecular weight is 452 g/mol. The lowest BCUT2D eigenvalue weighted by atomic mass is 9.69. The molecule has 1 heterocycles. The Morgan fingerprint density at radius 1 is 1.03 bits per heavy atom. The normalized spacial score (nSPS) is 22.9. The van der Waals surface area contributed by atoms with Crippen molar-refractivity contribution in [1.82, 2.24) is 0 Å². The topological polar surface area (TPSA) is 65.0 Å². The number of esters is 1. The van der Waals surface area contributed by atoms with Gasteiger partial charge >= 0.3 is 5.97 Å². The summed E-state index contributed by atoms with van der Waals surface area (Å²) in [4.78, 5) is 31.3. The van der Waals surface area contributed by atoms with E-state index in [-0.39, 0.29) is 18.3 Å². The zero-order valence-electron chi connectivity index (χ0n) is 18.2.